The van der Waals surface area contributed by atoms with Crippen molar-refractivity contribution in [2.24, 2.45) is 0 Å². The molecule has 2 amide bonds. The molecule has 0 bridgehead atoms. The van der Waals surface area contributed by atoms with Crippen LogP contribution in [0.5, 0.6) is 5.75 Å². The number of hydrazine groups is 1. The highest BCUT2D eigenvalue weighted by Gasteiger charge is 2.22. The van der Waals surface area contributed by atoms with Crippen molar-refractivity contribution in [1.29, 1.82) is 0 Å². The van der Waals surface area contributed by atoms with Crippen molar-refractivity contribution >= 4 is 12.0 Å². The van der Waals surface area contributed by atoms with Crippen LogP contribution < -0.4 is 20.9 Å². The van der Waals surface area contributed by atoms with E-state index in [4.69, 9.17) is 9.26 Å². The first-order chi connectivity index (χ1) is 12.8. The number of nitrogens with zero attached hydrogens (tertiary/aromatic N) is 2. The van der Waals surface area contributed by atoms with E-state index in [1.807, 2.05) is 6.07 Å². The van der Waals surface area contributed by atoms with Crippen LogP contribution in [0.4, 0.5) is 10.8 Å². The minimum atomic E-state index is -0.381. The second-order valence-corrected chi connectivity index (χ2v) is 7.09. The number of aromatic nitrogens is 2. The summed E-state index contributed by atoms with van der Waals surface area (Å²) in [4.78, 5) is 15.6. The normalized spacial score (nSPS) is 11.1. The molecule has 0 aliphatic carbocycles. The van der Waals surface area contributed by atoms with Gasteiger partial charge in [0.05, 0.1) is 6.61 Å². The van der Waals surface area contributed by atoms with Crippen LogP contribution in [-0.2, 0) is 5.41 Å². The quantitative estimate of drug-likeness (QED) is 0.458. The van der Waals surface area contributed by atoms with Crippen molar-refractivity contribution in [2.75, 3.05) is 18.6 Å². The van der Waals surface area contributed by atoms with Crippen LogP contribution in [0.1, 0.15) is 50.6 Å². The second-order valence-electron chi connectivity index (χ2n) is 7.09. The Balaban J connectivity index is 1.73. The van der Waals surface area contributed by atoms with Crippen molar-refractivity contribution in [1.82, 2.24) is 20.9 Å². The van der Waals surface area contributed by atoms with Gasteiger partial charge in [0, 0.05) is 6.54 Å². The van der Waals surface area contributed by atoms with E-state index >= 15 is 0 Å². The molecule has 0 atom stereocenters. The molecule has 8 heteroatoms. The van der Waals surface area contributed by atoms with Gasteiger partial charge in [-0.2, -0.15) is 4.98 Å². The van der Waals surface area contributed by atoms with Gasteiger partial charge in [0.2, 0.25) is 0 Å². The molecule has 1 heterocycles. The molecular formula is C19H29N5O3. The van der Waals surface area contributed by atoms with Crippen LogP contribution in [0.25, 0.3) is 0 Å². The summed E-state index contributed by atoms with van der Waals surface area (Å²) in [6, 6.07) is 6.03. The zero-order chi connectivity index (χ0) is 19.9. The molecule has 0 radical (unpaired) electrons. The van der Waals surface area contributed by atoms with Gasteiger partial charge < -0.3 is 14.6 Å². The topological polar surface area (TPSA) is 101 Å². The highest BCUT2D eigenvalue weighted by atomic mass is 16.5. The summed E-state index contributed by atoms with van der Waals surface area (Å²) in [5.74, 6) is 1.39. The molecule has 1 aromatic carbocycles. The van der Waals surface area contributed by atoms with Gasteiger partial charge in [0.15, 0.2) is 5.82 Å². The molecule has 0 fully saturated rings. The van der Waals surface area contributed by atoms with Crippen LogP contribution in [0.15, 0.2) is 22.7 Å². The van der Waals surface area contributed by atoms with Crippen LogP contribution in [0.3, 0.4) is 0 Å². The Hall–Kier alpha value is -2.77. The number of carbonyl (C=O) groups is 1. The van der Waals surface area contributed by atoms with Crippen LogP contribution in [0.2, 0.25) is 0 Å². The molecule has 0 saturated heterocycles. The molecule has 0 spiro atoms. The lowest BCUT2D eigenvalue weighted by Gasteiger charge is -2.26. The van der Waals surface area contributed by atoms with Crippen LogP contribution in [0, 0.1) is 13.8 Å². The molecule has 148 valence electrons. The zero-order valence-electron chi connectivity index (χ0n) is 16.7. The fourth-order valence-corrected chi connectivity index (χ4v) is 2.45. The molecule has 2 aromatic rings. The number of urea groups is 1. The Kier molecular flexibility index (Phi) is 7.04. The lowest BCUT2D eigenvalue weighted by Crippen LogP contribution is -2.39. The third-order valence-electron chi connectivity index (χ3n) is 4.42. The van der Waals surface area contributed by atoms with Gasteiger partial charge in [-0.1, -0.05) is 43.6 Å². The maximum Gasteiger partial charge on any atom is 0.340 e. The van der Waals surface area contributed by atoms with E-state index < -0.39 is 0 Å². The third-order valence-corrected chi connectivity index (χ3v) is 4.42. The Bertz CT molecular complexity index is 758. The van der Waals surface area contributed by atoms with Crippen molar-refractivity contribution in [3.8, 4) is 5.75 Å². The van der Waals surface area contributed by atoms with Gasteiger partial charge in [0.25, 0.3) is 0 Å². The zero-order valence-corrected chi connectivity index (χ0v) is 16.7. The predicted octanol–water partition coefficient (Wildman–Crippen LogP) is 3.47. The Morgan fingerprint density at radius 1 is 1.30 bits per heavy atom. The molecule has 0 aliphatic heterocycles. The van der Waals surface area contributed by atoms with Gasteiger partial charge in [0.1, 0.15) is 5.75 Å². The number of carbonyl (C=O) groups excluding carboxylic acids is 1. The first-order valence-corrected chi connectivity index (χ1v) is 9.16. The Labute approximate surface area is 160 Å². The van der Waals surface area contributed by atoms with E-state index in [-0.39, 0.29) is 17.5 Å². The van der Waals surface area contributed by atoms with Crippen LogP contribution >= 0.6 is 0 Å². The van der Waals surface area contributed by atoms with E-state index in [2.05, 4.69) is 66.1 Å². The molecule has 0 saturated carbocycles. The van der Waals surface area contributed by atoms with Crippen molar-refractivity contribution in [2.45, 2.75) is 52.9 Å². The fourth-order valence-electron chi connectivity index (χ4n) is 2.45. The van der Waals surface area contributed by atoms with E-state index in [0.717, 1.165) is 12.2 Å². The smallest absolute Gasteiger partial charge is 0.340 e. The lowest BCUT2D eigenvalue weighted by molar-refractivity contribution is 0.240. The number of anilines is 1. The number of amides is 2. The number of hydrogen-bond acceptors (Lipinski definition) is 6. The summed E-state index contributed by atoms with van der Waals surface area (Å²) < 4.78 is 10.8. The van der Waals surface area contributed by atoms with Crippen LogP contribution in [-0.4, -0.2) is 29.3 Å². The number of aryl methyl sites for hydroxylation is 2. The molecule has 3 N–H and O–H groups in total. The van der Waals surface area contributed by atoms with Crippen molar-refractivity contribution in [3.63, 3.8) is 0 Å². The SMILES string of the molecule is CCC(C)(C)c1cc(C)ccc1OCCCNC(=O)NNc1nc(C)no1. The molecule has 0 aliphatic rings. The molecular weight excluding hydrogens is 346 g/mol. The average Bonchev–Trinajstić information content (AvgIpc) is 3.06. The molecule has 27 heavy (non-hydrogen) atoms. The third kappa shape index (κ3) is 6.16. The lowest BCUT2D eigenvalue weighted by atomic mass is 9.81. The fraction of sp³-hybridized carbons (Fsp3) is 0.526. The summed E-state index contributed by atoms with van der Waals surface area (Å²) in [5.41, 5.74) is 7.46. The highest BCUT2D eigenvalue weighted by molar-refractivity contribution is 5.74. The number of nitrogens with one attached hydrogen (secondary N) is 3. The van der Waals surface area contributed by atoms with Gasteiger partial charge in [-0.3, -0.25) is 0 Å². The second kappa shape index (κ2) is 9.25. The van der Waals surface area contributed by atoms with Gasteiger partial charge in [-0.25, -0.2) is 15.6 Å². The summed E-state index contributed by atoms with van der Waals surface area (Å²) in [6.07, 6.45) is 1.72. The summed E-state index contributed by atoms with van der Waals surface area (Å²) in [6.45, 7) is 11.4. The number of benzene rings is 1. The maximum absolute atomic E-state index is 11.7. The van der Waals surface area contributed by atoms with E-state index in [9.17, 15) is 4.79 Å². The average molecular weight is 375 g/mol. The first kappa shape index (κ1) is 20.5. The molecule has 8 nitrogen and oxygen atoms in total. The Morgan fingerprint density at radius 3 is 2.74 bits per heavy atom. The summed E-state index contributed by atoms with van der Waals surface area (Å²) in [7, 11) is 0. The van der Waals surface area contributed by atoms with Crippen molar-refractivity contribution in [3.05, 3.63) is 35.2 Å². The largest absolute Gasteiger partial charge is 0.493 e. The van der Waals surface area contributed by atoms with Gasteiger partial charge in [-0.15, -0.1) is 0 Å². The first-order valence-electron chi connectivity index (χ1n) is 9.16. The minimum Gasteiger partial charge on any atom is -0.493 e. The summed E-state index contributed by atoms with van der Waals surface area (Å²) in [5, 5.41) is 6.34. The summed E-state index contributed by atoms with van der Waals surface area (Å²) >= 11 is 0. The minimum absolute atomic E-state index is 0.0538. The number of ether oxygens (including phenoxy) is 1. The van der Waals surface area contributed by atoms with E-state index in [1.165, 1.54) is 11.1 Å². The van der Waals surface area contributed by atoms with E-state index in [1.54, 1.807) is 6.92 Å². The van der Waals surface area contributed by atoms with Gasteiger partial charge in [-0.05, 0) is 43.7 Å². The highest BCUT2D eigenvalue weighted by Crippen LogP contribution is 2.34. The number of rotatable bonds is 9. The standard InChI is InChI=1S/C19H29N5O3/c1-6-19(4,5)15-12-13(2)8-9-16(15)26-11-7-10-20-17(25)22-23-18-21-14(3)24-27-18/h8-9,12H,6-7,10-11H2,1-5H3,(H2,20,22,25)(H,21,23,24). The monoisotopic (exact) mass is 375 g/mol. The Morgan fingerprint density at radius 2 is 2.07 bits per heavy atom. The molecule has 1 aromatic heterocycles. The molecule has 0 unspecified atom stereocenters. The molecule has 2 rings (SSSR count). The predicted molar refractivity (Wildman–Crippen MR) is 104 cm³/mol. The van der Waals surface area contributed by atoms with Crippen molar-refractivity contribution < 1.29 is 14.1 Å². The maximum atomic E-state index is 11.7. The van der Waals surface area contributed by atoms with Gasteiger partial charge >= 0.3 is 12.0 Å². The van der Waals surface area contributed by atoms with E-state index in [0.29, 0.717) is 25.4 Å². The number of hydrogen-bond donors (Lipinski definition) is 3.